The Labute approximate surface area is 161 Å². The molecule has 0 spiro atoms. The van der Waals surface area contributed by atoms with Gasteiger partial charge < -0.3 is 10.0 Å². The summed E-state index contributed by atoms with van der Waals surface area (Å²) in [4.78, 5) is 3.59. The summed E-state index contributed by atoms with van der Waals surface area (Å²) in [6.45, 7) is 5.76. The number of unbranched alkanes of at least 4 members (excludes halogenated alkanes) is 3. The number of rotatable bonds is 7. The van der Waals surface area contributed by atoms with Gasteiger partial charge in [-0.3, -0.25) is 0 Å². The molecule has 1 N–H and O–H groups in total. The van der Waals surface area contributed by atoms with E-state index >= 15 is 0 Å². The van der Waals surface area contributed by atoms with E-state index in [0.717, 1.165) is 19.4 Å². The summed E-state index contributed by atoms with van der Waals surface area (Å²) in [7, 11) is 2.14. The van der Waals surface area contributed by atoms with E-state index < -0.39 is 0 Å². The highest BCUT2D eigenvalue weighted by Gasteiger charge is 2.21. The third kappa shape index (κ3) is 4.30. The topological polar surface area (TPSA) is 27.4 Å². The summed E-state index contributed by atoms with van der Waals surface area (Å²) in [5.74, 6) is 0. The summed E-state index contributed by atoms with van der Waals surface area (Å²) in [5, 5.41) is 10.1. The number of anilines is 1. The lowest BCUT2D eigenvalue weighted by Crippen LogP contribution is -2.40. The van der Waals surface area contributed by atoms with E-state index in [0.29, 0.717) is 6.61 Å². The Kier molecular flexibility index (Phi) is 6.38. The lowest BCUT2D eigenvalue weighted by atomic mass is 10.1. The van der Waals surface area contributed by atoms with E-state index in [-0.39, 0.29) is 0 Å². The number of aromatic nitrogens is 1. The lowest BCUT2D eigenvalue weighted by molar-refractivity contribution is -0.709. The number of hydrogen-bond donors (Lipinski definition) is 1. The quantitative estimate of drug-likeness (QED) is 0.567. The minimum atomic E-state index is 0.310. The van der Waals surface area contributed by atoms with Crippen molar-refractivity contribution in [3.05, 3.63) is 58.4 Å². The SMILES string of the molecule is Cc1cc(/C=C2/Sc3ccccc3N2C)cc(C)[n+]1CCCCCCO. The molecule has 0 fully saturated rings. The van der Waals surface area contributed by atoms with Gasteiger partial charge in [0, 0.05) is 51.0 Å². The molecule has 1 aliphatic rings. The van der Waals surface area contributed by atoms with Crippen LogP contribution in [-0.4, -0.2) is 18.8 Å². The van der Waals surface area contributed by atoms with Crippen molar-refractivity contribution < 1.29 is 9.67 Å². The molecule has 1 aliphatic heterocycles. The highest BCUT2D eigenvalue weighted by molar-refractivity contribution is 8.03. The van der Waals surface area contributed by atoms with Crippen LogP contribution < -0.4 is 9.47 Å². The molecule has 1 aromatic heterocycles. The van der Waals surface area contributed by atoms with Crippen LogP contribution in [0.15, 0.2) is 46.3 Å². The Morgan fingerprint density at radius 2 is 1.73 bits per heavy atom. The Morgan fingerprint density at radius 1 is 1.04 bits per heavy atom. The van der Waals surface area contributed by atoms with Crippen molar-refractivity contribution in [2.24, 2.45) is 0 Å². The predicted octanol–water partition coefficient (Wildman–Crippen LogP) is 4.68. The Balaban J connectivity index is 1.72. The van der Waals surface area contributed by atoms with Gasteiger partial charge in [-0.05, 0) is 36.6 Å². The smallest absolute Gasteiger partial charge is 0.179 e. The zero-order valence-electron chi connectivity index (χ0n) is 16.0. The zero-order chi connectivity index (χ0) is 18.5. The number of aliphatic hydroxyl groups is 1. The molecule has 3 rings (SSSR count). The van der Waals surface area contributed by atoms with E-state index in [2.05, 4.69) is 72.8 Å². The number of para-hydroxylation sites is 1. The average Bonchev–Trinajstić information content (AvgIpc) is 2.93. The summed E-state index contributed by atoms with van der Waals surface area (Å²) in [6.07, 6.45) is 6.67. The fourth-order valence-corrected chi connectivity index (χ4v) is 4.63. The van der Waals surface area contributed by atoms with Crippen molar-refractivity contribution in [2.45, 2.75) is 51.0 Å². The first-order valence-electron chi connectivity index (χ1n) is 9.44. The normalized spacial score (nSPS) is 14.9. The third-order valence-corrected chi connectivity index (χ3v) is 6.12. The predicted molar refractivity (Wildman–Crippen MR) is 110 cm³/mol. The van der Waals surface area contributed by atoms with Gasteiger partial charge in [0.1, 0.15) is 6.54 Å². The van der Waals surface area contributed by atoms with Crippen LogP contribution in [0.4, 0.5) is 5.69 Å². The summed E-state index contributed by atoms with van der Waals surface area (Å²) < 4.78 is 2.40. The number of aryl methyl sites for hydroxylation is 2. The molecular formula is C22H29N2OS+. The van der Waals surface area contributed by atoms with Crippen LogP contribution in [0, 0.1) is 13.8 Å². The molecule has 26 heavy (non-hydrogen) atoms. The molecule has 0 atom stereocenters. The van der Waals surface area contributed by atoms with Crippen molar-refractivity contribution in [3.8, 4) is 0 Å². The molecule has 0 unspecified atom stereocenters. The monoisotopic (exact) mass is 369 g/mol. The molecule has 2 heterocycles. The summed E-state index contributed by atoms with van der Waals surface area (Å²) in [5.41, 5.74) is 5.16. The second-order valence-corrected chi connectivity index (χ2v) is 8.03. The molecule has 1 aromatic carbocycles. The zero-order valence-corrected chi connectivity index (χ0v) is 16.9. The standard InChI is InChI=1S/C22H29N2OS/c1-17-14-19(15-18(2)24(17)12-8-4-5-9-13-25)16-22-23(3)20-10-6-7-11-21(20)26-22/h6-7,10-11,14-16,25H,4-5,8-9,12-13H2,1-3H3/q+1. The van der Waals surface area contributed by atoms with Crippen LogP contribution in [0.3, 0.4) is 0 Å². The number of fused-ring (bicyclic) bond motifs is 1. The van der Waals surface area contributed by atoms with E-state index in [1.54, 1.807) is 0 Å². The van der Waals surface area contributed by atoms with Gasteiger partial charge in [-0.15, -0.1) is 0 Å². The van der Waals surface area contributed by atoms with E-state index in [1.807, 2.05) is 11.8 Å². The van der Waals surface area contributed by atoms with Crippen molar-refractivity contribution in [1.82, 2.24) is 0 Å². The molecule has 138 valence electrons. The van der Waals surface area contributed by atoms with Gasteiger partial charge in [-0.1, -0.05) is 30.3 Å². The largest absolute Gasteiger partial charge is 0.396 e. The first kappa shape index (κ1) is 19.0. The van der Waals surface area contributed by atoms with Gasteiger partial charge in [0.25, 0.3) is 0 Å². The Hall–Kier alpha value is -1.78. The minimum Gasteiger partial charge on any atom is -0.396 e. The second-order valence-electron chi connectivity index (χ2n) is 6.97. The maximum atomic E-state index is 8.88. The minimum absolute atomic E-state index is 0.310. The van der Waals surface area contributed by atoms with Crippen molar-refractivity contribution in [1.29, 1.82) is 0 Å². The molecule has 0 radical (unpaired) electrons. The number of pyridine rings is 1. The van der Waals surface area contributed by atoms with Crippen LogP contribution in [0.25, 0.3) is 6.08 Å². The van der Waals surface area contributed by atoms with Crippen molar-refractivity contribution in [2.75, 3.05) is 18.6 Å². The van der Waals surface area contributed by atoms with Crippen LogP contribution in [0.2, 0.25) is 0 Å². The van der Waals surface area contributed by atoms with Gasteiger partial charge >= 0.3 is 0 Å². The van der Waals surface area contributed by atoms with Crippen LogP contribution in [-0.2, 0) is 6.54 Å². The number of hydrogen-bond acceptors (Lipinski definition) is 3. The van der Waals surface area contributed by atoms with Crippen molar-refractivity contribution >= 4 is 23.5 Å². The first-order valence-corrected chi connectivity index (χ1v) is 10.3. The maximum Gasteiger partial charge on any atom is 0.179 e. The Bertz CT molecular complexity index is 777. The van der Waals surface area contributed by atoms with Crippen LogP contribution >= 0.6 is 11.8 Å². The number of thioether (sulfide) groups is 1. The molecule has 0 saturated carbocycles. The molecular weight excluding hydrogens is 340 g/mol. The first-order chi connectivity index (χ1) is 12.6. The van der Waals surface area contributed by atoms with Crippen LogP contribution in [0.5, 0.6) is 0 Å². The fraction of sp³-hybridized carbons (Fsp3) is 0.409. The molecule has 0 aliphatic carbocycles. The van der Waals surface area contributed by atoms with Gasteiger partial charge in [0.05, 0.1) is 10.7 Å². The molecule has 3 nitrogen and oxygen atoms in total. The summed E-state index contributed by atoms with van der Waals surface area (Å²) in [6, 6.07) is 13.1. The van der Waals surface area contributed by atoms with Gasteiger partial charge in [0.2, 0.25) is 0 Å². The molecule has 0 saturated heterocycles. The fourth-order valence-electron chi connectivity index (χ4n) is 3.52. The van der Waals surface area contributed by atoms with Gasteiger partial charge in [-0.25, -0.2) is 4.57 Å². The molecule has 0 amide bonds. The molecule has 0 bridgehead atoms. The molecule has 2 aromatic rings. The number of nitrogens with zero attached hydrogens (tertiary/aromatic N) is 2. The number of benzene rings is 1. The second kappa shape index (κ2) is 8.74. The van der Waals surface area contributed by atoms with Gasteiger partial charge in [0.15, 0.2) is 11.4 Å². The van der Waals surface area contributed by atoms with E-state index in [4.69, 9.17) is 5.11 Å². The Morgan fingerprint density at radius 3 is 2.42 bits per heavy atom. The van der Waals surface area contributed by atoms with Gasteiger partial charge in [-0.2, -0.15) is 0 Å². The van der Waals surface area contributed by atoms with Crippen molar-refractivity contribution in [3.63, 3.8) is 0 Å². The third-order valence-electron chi connectivity index (χ3n) is 4.95. The highest BCUT2D eigenvalue weighted by atomic mass is 32.2. The average molecular weight is 370 g/mol. The lowest BCUT2D eigenvalue weighted by Gasteiger charge is -2.13. The maximum absolute atomic E-state index is 8.88. The number of aliphatic hydroxyl groups excluding tert-OH is 1. The summed E-state index contributed by atoms with van der Waals surface area (Å²) >= 11 is 1.84. The molecule has 4 heteroatoms. The van der Waals surface area contributed by atoms with E-state index in [9.17, 15) is 0 Å². The van der Waals surface area contributed by atoms with E-state index in [1.165, 1.54) is 45.4 Å². The highest BCUT2D eigenvalue weighted by Crippen LogP contribution is 2.45. The van der Waals surface area contributed by atoms with Crippen LogP contribution in [0.1, 0.15) is 42.6 Å².